The van der Waals surface area contributed by atoms with E-state index in [1.807, 2.05) is 30.3 Å². The lowest BCUT2D eigenvalue weighted by atomic mass is 10.1. The van der Waals surface area contributed by atoms with Gasteiger partial charge in [-0.2, -0.15) is 0 Å². The van der Waals surface area contributed by atoms with Gasteiger partial charge in [0.2, 0.25) is 11.8 Å². The molecule has 1 aromatic heterocycles. The molecule has 3 rings (SSSR count). The summed E-state index contributed by atoms with van der Waals surface area (Å²) in [5, 5.41) is 0. The molecule has 0 radical (unpaired) electrons. The van der Waals surface area contributed by atoms with Gasteiger partial charge in [-0.1, -0.05) is 30.3 Å². The third-order valence-electron chi connectivity index (χ3n) is 4.55. The molecule has 1 saturated heterocycles. The molecular formula is C20H23N3O3. The topological polar surface area (TPSA) is 85.5 Å². The lowest BCUT2D eigenvalue weighted by molar-refractivity contribution is -0.137. The first-order chi connectivity index (χ1) is 12.6. The summed E-state index contributed by atoms with van der Waals surface area (Å²) in [4.78, 5) is 29.9. The molecule has 0 aliphatic carbocycles. The molecule has 136 valence electrons. The van der Waals surface area contributed by atoms with Crippen molar-refractivity contribution in [3.05, 3.63) is 60.4 Å². The number of aromatic nitrogens is 1. The Bertz CT molecular complexity index is 736. The number of carbonyl (C=O) groups excluding carboxylic acids is 2. The largest absolute Gasteiger partial charge is 0.487 e. The maximum absolute atomic E-state index is 12.6. The predicted octanol–water partition coefficient (Wildman–Crippen LogP) is 1.94. The molecule has 6 heteroatoms. The number of rotatable bonds is 7. The number of ether oxygens (including phenoxy) is 1. The molecule has 2 amide bonds. The van der Waals surface area contributed by atoms with Gasteiger partial charge in [0.05, 0.1) is 12.7 Å². The molecule has 1 aromatic carbocycles. The van der Waals surface area contributed by atoms with Crippen molar-refractivity contribution < 1.29 is 14.3 Å². The molecule has 1 aliphatic heterocycles. The molecule has 1 fully saturated rings. The molecule has 26 heavy (non-hydrogen) atoms. The minimum Gasteiger partial charge on any atom is -0.487 e. The fourth-order valence-electron chi connectivity index (χ4n) is 3.27. The number of hydrogen-bond acceptors (Lipinski definition) is 4. The monoisotopic (exact) mass is 353 g/mol. The van der Waals surface area contributed by atoms with Crippen molar-refractivity contribution in [3.63, 3.8) is 0 Å². The van der Waals surface area contributed by atoms with E-state index < -0.39 is 11.9 Å². The molecule has 0 unspecified atom stereocenters. The SMILES string of the molecule is NC(=O)[C@@H]1C[C@H](Oc2cccnc2)CN1C(=O)CCCc1ccccc1. The zero-order valence-electron chi connectivity index (χ0n) is 14.6. The molecule has 0 saturated carbocycles. The third-order valence-corrected chi connectivity index (χ3v) is 4.55. The van der Waals surface area contributed by atoms with Gasteiger partial charge in [-0.25, -0.2) is 0 Å². The summed E-state index contributed by atoms with van der Waals surface area (Å²) in [6.45, 7) is 0.368. The summed E-state index contributed by atoms with van der Waals surface area (Å²) in [6, 6.07) is 13.0. The number of hydrogen-bond donors (Lipinski definition) is 1. The van der Waals surface area contributed by atoms with E-state index in [-0.39, 0.29) is 12.0 Å². The number of carbonyl (C=O) groups is 2. The van der Waals surface area contributed by atoms with Crippen LogP contribution in [0.25, 0.3) is 0 Å². The van der Waals surface area contributed by atoms with E-state index in [0.717, 1.165) is 12.8 Å². The minimum absolute atomic E-state index is 0.0537. The highest BCUT2D eigenvalue weighted by Crippen LogP contribution is 2.23. The summed E-state index contributed by atoms with van der Waals surface area (Å²) < 4.78 is 5.85. The van der Waals surface area contributed by atoms with E-state index in [2.05, 4.69) is 4.98 Å². The van der Waals surface area contributed by atoms with E-state index in [1.165, 1.54) is 5.56 Å². The highest BCUT2D eigenvalue weighted by atomic mass is 16.5. The van der Waals surface area contributed by atoms with Crippen LogP contribution in [0, 0.1) is 0 Å². The quantitative estimate of drug-likeness (QED) is 0.824. The molecular weight excluding hydrogens is 330 g/mol. The van der Waals surface area contributed by atoms with E-state index in [0.29, 0.717) is 25.1 Å². The second kappa shape index (κ2) is 8.47. The molecule has 2 atom stereocenters. The third kappa shape index (κ3) is 4.59. The Labute approximate surface area is 153 Å². The first-order valence-corrected chi connectivity index (χ1v) is 8.83. The maximum atomic E-state index is 12.6. The van der Waals surface area contributed by atoms with Crippen molar-refractivity contribution >= 4 is 11.8 Å². The van der Waals surface area contributed by atoms with Gasteiger partial charge in [0.25, 0.3) is 0 Å². The molecule has 6 nitrogen and oxygen atoms in total. The van der Waals surface area contributed by atoms with Crippen molar-refractivity contribution in [1.82, 2.24) is 9.88 Å². The molecule has 1 aliphatic rings. The predicted molar refractivity (Wildman–Crippen MR) is 97.3 cm³/mol. The van der Waals surface area contributed by atoms with Crippen LogP contribution in [-0.2, 0) is 16.0 Å². The van der Waals surface area contributed by atoms with Crippen LogP contribution >= 0.6 is 0 Å². The summed E-state index contributed by atoms with van der Waals surface area (Å²) in [7, 11) is 0. The second-order valence-electron chi connectivity index (χ2n) is 6.47. The van der Waals surface area contributed by atoms with Gasteiger partial charge in [-0.05, 0) is 30.5 Å². The average molecular weight is 353 g/mol. The van der Waals surface area contributed by atoms with Crippen molar-refractivity contribution in [2.75, 3.05) is 6.54 Å². The van der Waals surface area contributed by atoms with Crippen molar-refractivity contribution in [2.45, 2.75) is 37.8 Å². The number of nitrogens with two attached hydrogens (primary N) is 1. The van der Waals surface area contributed by atoms with E-state index >= 15 is 0 Å². The van der Waals surface area contributed by atoms with Gasteiger partial charge in [0.1, 0.15) is 17.9 Å². The summed E-state index contributed by atoms with van der Waals surface area (Å²) in [5.41, 5.74) is 6.70. The smallest absolute Gasteiger partial charge is 0.240 e. The number of nitrogens with zero attached hydrogens (tertiary/aromatic N) is 2. The number of likely N-dealkylation sites (tertiary alicyclic amines) is 1. The van der Waals surface area contributed by atoms with Crippen molar-refractivity contribution in [2.24, 2.45) is 5.73 Å². The number of pyridine rings is 1. The van der Waals surface area contributed by atoms with E-state index in [1.54, 1.807) is 29.4 Å². The molecule has 0 spiro atoms. The summed E-state index contributed by atoms with van der Waals surface area (Å²) in [6.07, 6.45) is 5.39. The first kappa shape index (κ1) is 17.9. The van der Waals surface area contributed by atoms with Crippen LogP contribution in [0.15, 0.2) is 54.9 Å². The van der Waals surface area contributed by atoms with Gasteiger partial charge >= 0.3 is 0 Å². The molecule has 0 bridgehead atoms. The van der Waals surface area contributed by atoms with Crippen LogP contribution in [0.5, 0.6) is 5.75 Å². The van der Waals surface area contributed by atoms with Gasteiger partial charge in [-0.15, -0.1) is 0 Å². The Balaban J connectivity index is 1.55. The van der Waals surface area contributed by atoms with Crippen LogP contribution < -0.4 is 10.5 Å². The van der Waals surface area contributed by atoms with Gasteiger partial charge < -0.3 is 15.4 Å². The highest BCUT2D eigenvalue weighted by molar-refractivity contribution is 5.87. The summed E-state index contributed by atoms with van der Waals surface area (Å²) in [5.74, 6) is 0.0832. The number of amides is 2. The zero-order valence-corrected chi connectivity index (χ0v) is 14.6. The Morgan fingerprint density at radius 3 is 2.69 bits per heavy atom. The van der Waals surface area contributed by atoms with Crippen LogP contribution in [0.1, 0.15) is 24.8 Å². The normalized spacial score (nSPS) is 19.3. The van der Waals surface area contributed by atoms with Crippen LogP contribution in [0.4, 0.5) is 0 Å². The summed E-state index contributed by atoms with van der Waals surface area (Å²) >= 11 is 0. The Morgan fingerprint density at radius 2 is 2.00 bits per heavy atom. The van der Waals surface area contributed by atoms with Crippen LogP contribution in [-0.4, -0.2) is 40.4 Å². The highest BCUT2D eigenvalue weighted by Gasteiger charge is 2.39. The van der Waals surface area contributed by atoms with Crippen molar-refractivity contribution in [3.8, 4) is 5.75 Å². The van der Waals surface area contributed by atoms with E-state index in [4.69, 9.17) is 10.5 Å². The fourth-order valence-corrected chi connectivity index (χ4v) is 3.27. The Morgan fingerprint density at radius 1 is 1.19 bits per heavy atom. The van der Waals surface area contributed by atoms with Crippen LogP contribution in [0.3, 0.4) is 0 Å². The molecule has 2 heterocycles. The number of primary amides is 1. The molecule has 2 N–H and O–H groups in total. The maximum Gasteiger partial charge on any atom is 0.240 e. The van der Waals surface area contributed by atoms with E-state index in [9.17, 15) is 9.59 Å². The fraction of sp³-hybridized carbons (Fsp3) is 0.350. The minimum atomic E-state index is -0.610. The Kier molecular flexibility index (Phi) is 5.84. The van der Waals surface area contributed by atoms with Gasteiger partial charge in [0, 0.05) is 19.0 Å². The van der Waals surface area contributed by atoms with Crippen LogP contribution in [0.2, 0.25) is 0 Å². The number of benzene rings is 1. The second-order valence-corrected chi connectivity index (χ2v) is 6.47. The standard InChI is InChI=1S/C20H23N3O3/c21-20(25)18-12-17(26-16-9-5-11-22-13-16)14-23(18)19(24)10-4-8-15-6-2-1-3-7-15/h1-3,5-7,9,11,13,17-18H,4,8,10,12,14H2,(H2,21,25)/t17-,18-/m0/s1. The van der Waals surface area contributed by atoms with Gasteiger partial charge in [-0.3, -0.25) is 14.6 Å². The molecule has 2 aromatic rings. The van der Waals surface area contributed by atoms with Gasteiger partial charge in [0.15, 0.2) is 0 Å². The lowest BCUT2D eigenvalue weighted by Gasteiger charge is -2.21. The van der Waals surface area contributed by atoms with Crippen molar-refractivity contribution in [1.29, 1.82) is 0 Å². The Hall–Kier alpha value is -2.89. The average Bonchev–Trinajstić information content (AvgIpc) is 3.08. The number of aryl methyl sites for hydroxylation is 1. The zero-order chi connectivity index (χ0) is 18.4. The lowest BCUT2D eigenvalue weighted by Crippen LogP contribution is -2.43. The first-order valence-electron chi connectivity index (χ1n) is 8.83.